The van der Waals surface area contributed by atoms with Crippen molar-refractivity contribution in [2.45, 2.75) is 39.5 Å². The Labute approximate surface area is 119 Å². The Morgan fingerprint density at radius 2 is 2.00 bits per heavy atom. The normalized spacial score (nSPS) is 15.0. The summed E-state index contributed by atoms with van der Waals surface area (Å²) in [6, 6.07) is 0. The first-order valence-corrected chi connectivity index (χ1v) is 7.20. The van der Waals surface area contributed by atoms with Crippen LogP contribution in [0.5, 0.6) is 5.88 Å². The molecule has 0 aliphatic heterocycles. The molecule has 4 nitrogen and oxygen atoms in total. The molecule has 1 aromatic rings. The quantitative estimate of drug-likeness (QED) is 0.569. The summed E-state index contributed by atoms with van der Waals surface area (Å²) in [5.74, 6) is 2.41. The van der Waals surface area contributed by atoms with Crippen molar-refractivity contribution in [3.63, 3.8) is 0 Å². The van der Waals surface area contributed by atoms with Crippen LogP contribution in [0.3, 0.4) is 0 Å². The van der Waals surface area contributed by atoms with Gasteiger partial charge in [-0.05, 0) is 25.7 Å². The van der Waals surface area contributed by atoms with Gasteiger partial charge in [0.05, 0.1) is 6.61 Å². The van der Waals surface area contributed by atoms with E-state index in [2.05, 4.69) is 23.8 Å². The standard InChI is InChI=1S/C14H21ClN2O2/c1-9(2)8-18-6-7-19-14-10(3)12(15)16-13(17-14)11-4-5-11/h9,11H,4-8H2,1-3H3. The van der Waals surface area contributed by atoms with Gasteiger partial charge in [-0.3, -0.25) is 0 Å². The summed E-state index contributed by atoms with van der Waals surface area (Å²) in [6.45, 7) is 7.93. The van der Waals surface area contributed by atoms with Crippen molar-refractivity contribution >= 4 is 11.6 Å². The number of aromatic nitrogens is 2. The maximum Gasteiger partial charge on any atom is 0.221 e. The number of hydrogen-bond acceptors (Lipinski definition) is 4. The minimum atomic E-state index is 0.470. The van der Waals surface area contributed by atoms with E-state index in [4.69, 9.17) is 21.1 Å². The number of hydrogen-bond donors (Lipinski definition) is 0. The molecule has 1 aromatic heterocycles. The third kappa shape index (κ3) is 4.32. The van der Waals surface area contributed by atoms with Gasteiger partial charge in [-0.15, -0.1) is 0 Å². The summed E-state index contributed by atoms with van der Waals surface area (Å²) in [6.07, 6.45) is 2.30. The minimum Gasteiger partial charge on any atom is -0.475 e. The highest BCUT2D eigenvalue weighted by Crippen LogP contribution is 2.39. The lowest BCUT2D eigenvalue weighted by atomic mass is 10.2. The second kappa shape index (κ2) is 6.53. The predicted molar refractivity (Wildman–Crippen MR) is 74.9 cm³/mol. The largest absolute Gasteiger partial charge is 0.475 e. The maximum atomic E-state index is 6.11. The zero-order valence-corrected chi connectivity index (χ0v) is 12.5. The van der Waals surface area contributed by atoms with Crippen LogP contribution in [0.25, 0.3) is 0 Å². The third-order valence-electron chi connectivity index (χ3n) is 2.92. The Morgan fingerprint density at radius 3 is 2.63 bits per heavy atom. The number of rotatable bonds is 7. The summed E-state index contributed by atoms with van der Waals surface area (Å²) in [7, 11) is 0. The molecule has 0 spiro atoms. The van der Waals surface area contributed by atoms with E-state index in [1.807, 2.05) is 6.92 Å². The van der Waals surface area contributed by atoms with Crippen LogP contribution in [0.15, 0.2) is 0 Å². The van der Waals surface area contributed by atoms with Gasteiger partial charge in [0.2, 0.25) is 5.88 Å². The first kappa shape index (κ1) is 14.5. The highest BCUT2D eigenvalue weighted by atomic mass is 35.5. The van der Waals surface area contributed by atoms with Crippen molar-refractivity contribution in [3.05, 3.63) is 16.5 Å². The smallest absolute Gasteiger partial charge is 0.221 e. The van der Waals surface area contributed by atoms with E-state index in [1.165, 1.54) is 0 Å². The molecule has 0 atom stereocenters. The van der Waals surface area contributed by atoms with Crippen molar-refractivity contribution in [1.82, 2.24) is 9.97 Å². The molecular formula is C14H21ClN2O2. The molecule has 0 amide bonds. The van der Waals surface area contributed by atoms with Gasteiger partial charge in [0.25, 0.3) is 0 Å². The molecule has 106 valence electrons. The van der Waals surface area contributed by atoms with Crippen molar-refractivity contribution in [1.29, 1.82) is 0 Å². The highest BCUT2D eigenvalue weighted by molar-refractivity contribution is 6.30. The molecule has 0 N–H and O–H groups in total. The van der Waals surface area contributed by atoms with Crippen LogP contribution in [0.2, 0.25) is 5.15 Å². The topological polar surface area (TPSA) is 44.2 Å². The molecule has 2 rings (SSSR count). The van der Waals surface area contributed by atoms with E-state index >= 15 is 0 Å². The van der Waals surface area contributed by atoms with Gasteiger partial charge in [0.1, 0.15) is 17.6 Å². The molecule has 1 saturated carbocycles. The zero-order chi connectivity index (χ0) is 13.8. The summed E-state index contributed by atoms with van der Waals surface area (Å²) < 4.78 is 11.1. The first-order chi connectivity index (χ1) is 9.08. The second-order valence-corrected chi connectivity index (χ2v) is 5.75. The number of ether oxygens (including phenoxy) is 2. The van der Waals surface area contributed by atoms with E-state index < -0.39 is 0 Å². The molecule has 0 bridgehead atoms. The van der Waals surface area contributed by atoms with Crippen LogP contribution < -0.4 is 4.74 Å². The van der Waals surface area contributed by atoms with Crippen LogP contribution >= 0.6 is 11.6 Å². The summed E-state index contributed by atoms with van der Waals surface area (Å²) >= 11 is 6.11. The maximum absolute atomic E-state index is 6.11. The van der Waals surface area contributed by atoms with Crippen LogP contribution in [0, 0.1) is 12.8 Å². The highest BCUT2D eigenvalue weighted by Gasteiger charge is 2.28. The second-order valence-electron chi connectivity index (χ2n) is 5.39. The van der Waals surface area contributed by atoms with Crippen LogP contribution in [0.1, 0.15) is 44.0 Å². The fourth-order valence-electron chi connectivity index (χ4n) is 1.67. The Balaban J connectivity index is 1.88. The van der Waals surface area contributed by atoms with E-state index in [0.717, 1.165) is 30.8 Å². The molecule has 19 heavy (non-hydrogen) atoms. The summed E-state index contributed by atoms with van der Waals surface area (Å²) in [5, 5.41) is 0.495. The lowest BCUT2D eigenvalue weighted by Crippen LogP contribution is -2.12. The lowest BCUT2D eigenvalue weighted by Gasteiger charge is -2.11. The van der Waals surface area contributed by atoms with Crippen LogP contribution in [-0.4, -0.2) is 29.8 Å². The van der Waals surface area contributed by atoms with Gasteiger partial charge < -0.3 is 9.47 Å². The summed E-state index contributed by atoms with van der Waals surface area (Å²) in [4.78, 5) is 8.76. The van der Waals surface area contributed by atoms with E-state index in [0.29, 0.717) is 36.1 Å². The van der Waals surface area contributed by atoms with Gasteiger partial charge in [-0.25, -0.2) is 4.98 Å². The molecule has 0 radical (unpaired) electrons. The summed E-state index contributed by atoms with van der Waals surface area (Å²) in [5.41, 5.74) is 0.801. The van der Waals surface area contributed by atoms with Crippen LogP contribution in [0.4, 0.5) is 0 Å². The molecular weight excluding hydrogens is 264 g/mol. The first-order valence-electron chi connectivity index (χ1n) is 6.82. The Bertz CT molecular complexity index is 434. The average molecular weight is 285 g/mol. The molecule has 0 unspecified atom stereocenters. The van der Waals surface area contributed by atoms with E-state index in [1.54, 1.807) is 0 Å². The zero-order valence-electron chi connectivity index (χ0n) is 11.8. The van der Waals surface area contributed by atoms with Gasteiger partial charge in [0, 0.05) is 18.1 Å². The monoisotopic (exact) mass is 284 g/mol. The van der Waals surface area contributed by atoms with Gasteiger partial charge in [0.15, 0.2) is 0 Å². The molecule has 1 aliphatic rings. The third-order valence-corrected chi connectivity index (χ3v) is 3.29. The fraction of sp³-hybridized carbons (Fsp3) is 0.714. The van der Waals surface area contributed by atoms with Gasteiger partial charge >= 0.3 is 0 Å². The molecule has 5 heteroatoms. The number of halogens is 1. The molecule has 0 aromatic carbocycles. The predicted octanol–water partition coefficient (Wildman–Crippen LogP) is 3.37. The minimum absolute atomic E-state index is 0.470. The van der Waals surface area contributed by atoms with E-state index in [-0.39, 0.29) is 0 Å². The molecule has 1 heterocycles. The SMILES string of the molecule is Cc1c(Cl)nc(C2CC2)nc1OCCOCC(C)C. The fourth-order valence-corrected chi connectivity index (χ4v) is 1.83. The Morgan fingerprint density at radius 1 is 1.26 bits per heavy atom. The van der Waals surface area contributed by atoms with Crippen molar-refractivity contribution < 1.29 is 9.47 Å². The molecule has 0 saturated heterocycles. The number of nitrogens with zero attached hydrogens (tertiary/aromatic N) is 2. The van der Waals surface area contributed by atoms with Crippen molar-refractivity contribution in [2.75, 3.05) is 19.8 Å². The van der Waals surface area contributed by atoms with Crippen molar-refractivity contribution in [2.24, 2.45) is 5.92 Å². The average Bonchev–Trinajstić information content (AvgIpc) is 3.17. The lowest BCUT2D eigenvalue weighted by molar-refractivity contribution is 0.0803. The Kier molecular flexibility index (Phi) is 4.99. The van der Waals surface area contributed by atoms with Crippen molar-refractivity contribution in [3.8, 4) is 5.88 Å². The van der Waals surface area contributed by atoms with Gasteiger partial charge in [-0.1, -0.05) is 25.4 Å². The Hall–Kier alpha value is -0.870. The van der Waals surface area contributed by atoms with E-state index in [9.17, 15) is 0 Å². The van der Waals surface area contributed by atoms with Gasteiger partial charge in [-0.2, -0.15) is 4.98 Å². The molecule has 1 fully saturated rings. The van der Waals surface area contributed by atoms with Crippen LogP contribution in [-0.2, 0) is 4.74 Å². The molecule has 1 aliphatic carbocycles.